The highest BCUT2D eigenvalue weighted by Gasteiger charge is 2.33. The van der Waals surface area contributed by atoms with E-state index in [-0.39, 0.29) is 12.3 Å². The SMILES string of the molecule is O=C(O)[C@@H]1CCCN1C(=O)CCc1ncc(-c2ccccc2)o1. The average molecular weight is 314 g/mol. The van der Waals surface area contributed by atoms with Crippen molar-refractivity contribution in [3.05, 3.63) is 42.4 Å². The summed E-state index contributed by atoms with van der Waals surface area (Å²) in [4.78, 5) is 29.0. The van der Waals surface area contributed by atoms with Gasteiger partial charge < -0.3 is 14.4 Å². The lowest BCUT2D eigenvalue weighted by atomic mass is 10.2. The minimum Gasteiger partial charge on any atom is -0.480 e. The predicted molar refractivity (Wildman–Crippen MR) is 82.6 cm³/mol. The molecular formula is C17H18N2O4. The van der Waals surface area contributed by atoms with Crippen molar-refractivity contribution in [2.24, 2.45) is 0 Å². The molecule has 1 aliphatic heterocycles. The normalized spacial score (nSPS) is 17.4. The summed E-state index contributed by atoms with van der Waals surface area (Å²) in [6, 6.07) is 8.93. The lowest BCUT2D eigenvalue weighted by molar-refractivity contribution is -0.148. The fraction of sp³-hybridized carbons (Fsp3) is 0.353. The number of benzene rings is 1. The molecule has 6 nitrogen and oxygen atoms in total. The molecule has 23 heavy (non-hydrogen) atoms. The number of hydrogen-bond donors (Lipinski definition) is 1. The van der Waals surface area contributed by atoms with Crippen molar-refractivity contribution in [3.63, 3.8) is 0 Å². The van der Waals surface area contributed by atoms with E-state index in [1.54, 1.807) is 6.20 Å². The molecular weight excluding hydrogens is 296 g/mol. The number of carbonyl (C=O) groups excluding carboxylic acids is 1. The van der Waals surface area contributed by atoms with Gasteiger partial charge >= 0.3 is 5.97 Å². The van der Waals surface area contributed by atoms with Crippen LogP contribution >= 0.6 is 0 Å². The number of carboxylic acids is 1. The number of carboxylic acid groups (broad SMARTS) is 1. The zero-order valence-corrected chi connectivity index (χ0v) is 12.6. The summed E-state index contributed by atoms with van der Waals surface area (Å²) in [6.07, 6.45) is 3.48. The third-order valence-electron chi connectivity index (χ3n) is 4.02. The highest BCUT2D eigenvalue weighted by atomic mass is 16.4. The molecule has 1 aromatic carbocycles. The molecule has 1 atom stereocenters. The summed E-state index contributed by atoms with van der Waals surface area (Å²) in [5.41, 5.74) is 0.933. The zero-order chi connectivity index (χ0) is 16.2. The van der Waals surface area contributed by atoms with E-state index in [4.69, 9.17) is 9.52 Å². The molecule has 1 aromatic heterocycles. The van der Waals surface area contributed by atoms with Crippen LogP contribution in [0.4, 0.5) is 0 Å². The van der Waals surface area contributed by atoms with Crippen molar-refractivity contribution in [2.45, 2.75) is 31.7 Å². The van der Waals surface area contributed by atoms with E-state index in [0.29, 0.717) is 31.0 Å². The van der Waals surface area contributed by atoms with Crippen molar-refractivity contribution >= 4 is 11.9 Å². The summed E-state index contributed by atoms with van der Waals surface area (Å²) in [7, 11) is 0. The Morgan fingerprint density at radius 2 is 2.09 bits per heavy atom. The van der Waals surface area contributed by atoms with Crippen LogP contribution in [0.3, 0.4) is 0 Å². The van der Waals surface area contributed by atoms with E-state index in [9.17, 15) is 9.59 Å². The molecule has 6 heteroatoms. The fourth-order valence-electron chi connectivity index (χ4n) is 2.84. The zero-order valence-electron chi connectivity index (χ0n) is 12.6. The number of carbonyl (C=O) groups is 2. The Morgan fingerprint density at radius 3 is 2.83 bits per heavy atom. The number of rotatable bonds is 5. The number of nitrogens with zero attached hydrogens (tertiary/aromatic N) is 2. The number of oxazole rings is 1. The van der Waals surface area contributed by atoms with E-state index in [1.165, 1.54) is 4.90 Å². The number of aromatic nitrogens is 1. The monoisotopic (exact) mass is 314 g/mol. The molecule has 3 rings (SSSR count). The Balaban J connectivity index is 1.60. The van der Waals surface area contributed by atoms with Gasteiger partial charge in [0, 0.05) is 24.9 Å². The molecule has 0 aliphatic carbocycles. The first-order valence-electron chi connectivity index (χ1n) is 7.67. The lowest BCUT2D eigenvalue weighted by Gasteiger charge is -2.20. The second-order valence-electron chi connectivity index (χ2n) is 5.57. The second-order valence-corrected chi connectivity index (χ2v) is 5.57. The first-order chi connectivity index (χ1) is 11.1. The Morgan fingerprint density at radius 1 is 1.30 bits per heavy atom. The van der Waals surface area contributed by atoms with Crippen LogP contribution in [0.2, 0.25) is 0 Å². The van der Waals surface area contributed by atoms with Gasteiger partial charge in [-0.1, -0.05) is 30.3 Å². The van der Waals surface area contributed by atoms with Gasteiger partial charge in [0.05, 0.1) is 6.20 Å². The third-order valence-corrected chi connectivity index (χ3v) is 4.02. The summed E-state index contributed by atoms with van der Waals surface area (Å²) in [5.74, 6) is 0.0635. The average Bonchev–Trinajstić information content (AvgIpc) is 3.23. The van der Waals surface area contributed by atoms with Crippen molar-refractivity contribution in [3.8, 4) is 11.3 Å². The Bertz CT molecular complexity index is 696. The van der Waals surface area contributed by atoms with E-state index < -0.39 is 12.0 Å². The minimum atomic E-state index is -0.932. The number of aryl methyl sites for hydroxylation is 1. The standard InChI is InChI=1S/C17H18N2O4/c20-16(19-10-4-7-13(19)17(21)22)9-8-15-18-11-14(23-15)12-5-2-1-3-6-12/h1-3,5-6,11,13H,4,7-10H2,(H,21,22)/t13-/m0/s1. The van der Waals surface area contributed by atoms with Crippen LogP contribution in [0.1, 0.15) is 25.2 Å². The summed E-state index contributed by atoms with van der Waals surface area (Å²) < 4.78 is 5.66. The molecule has 1 saturated heterocycles. The van der Waals surface area contributed by atoms with Crippen LogP contribution in [-0.4, -0.2) is 39.5 Å². The molecule has 0 spiro atoms. The van der Waals surface area contributed by atoms with Crippen molar-refractivity contribution < 1.29 is 19.1 Å². The number of aliphatic carboxylic acids is 1. The summed E-state index contributed by atoms with van der Waals surface area (Å²) >= 11 is 0. The maximum Gasteiger partial charge on any atom is 0.326 e. The van der Waals surface area contributed by atoms with Gasteiger partial charge in [0.2, 0.25) is 5.91 Å². The predicted octanol–water partition coefficient (Wildman–Crippen LogP) is 2.35. The molecule has 120 valence electrons. The molecule has 1 fully saturated rings. The highest BCUT2D eigenvalue weighted by molar-refractivity contribution is 5.84. The second kappa shape index (κ2) is 6.64. The van der Waals surface area contributed by atoms with Crippen molar-refractivity contribution in [1.29, 1.82) is 0 Å². The third kappa shape index (κ3) is 3.41. The lowest BCUT2D eigenvalue weighted by Crippen LogP contribution is -2.40. The van der Waals surface area contributed by atoms with Gasteiger partial charge in [0.25, 0.3) is 0 Å². The highest BCUT2D eigenvalue weighted by Crippen LogP contribution is 2.22. The fourth-order valence-corrected chi connectivity index (χ4v) is 2.84. The summed E-state index contributed by atoms with van der Waals surface area (Å²) in [5, 5.41) is 9.12. The quantitative estimate of drug-likeness (QED) is 0.916. The van der Waals surface area contributed by atoms with Crippen molar-refractivity contribution in [1.82, 2.24) is 9.88 Å². The van der Waals surface area contributed by atoms with E-state index in [0.717, 1.165) is 12.0 Å². The topological polar surface area (TPSA) is 83.6 Å². The van der Waals surface area contributed by atoms with Crippen LogP contribution in [0.25, 0.3) is 11.3 Å². The molecule has 0 radical (unpaired) electrons. The van der Waals surface area contributed by atoms with Gasteiger partial charge in [0.15, 0.2) is 11.7 Å². The Hall–Kier alpha value is -2.63. The van der Waals surface area contributed by atoms with Gasteiger partial charge in [-0.3, -0.25) is 4.79 Å². The largest absolute Gasteiger partial charge is 0.480 e. The van der Waals surface area contributed by atoms with Crippen LogP contribution in [0, 0.1) is 0 Å². The van der Waals surface area contributed by atoms with E-state index in [2.05, 4.69) is 4.98 Å². The van der Waals surface area contributed by atoms with Crippen LogP contribution < -0.4 is 0 Å². The number of hydrogen-bond acceptors (Lipinski definition) is 4. The maximum atomic E-state index is 12.2. The van der Waals surface area contributed by atoms with Gasteiger partial charge in [0.1, 0.15) is 6.04 Å². The van der Waals surface area contributed by atoms with Crippen molar-refractivity contribution in [2.75, 3.05) is 6.54 Å². The van der Waals surface area contributed by atoms with Gasteiger partial charge in [-0.15, -0.1) is 0 Å². The Kier molecular flexibility index (Phi) is 4.41. The van der Waals surface area contributed by atoms with Crippen LogP contribution in [0.5, 0.6) is 0 Å². The van der Waals surface area contributed by atoms with Crippen LogP contribution in [-0.2, 0) is 16.0 Å². The molecule has 2 aromatic rings. The molecule has 0 saturated carbocycles. The smallest absolute Gasteiger partial charge is 0.326 e. The minimum absolute atomic E-state index is 0.158. The van der Waals surface area contributed by atoms with Gasteiger partial charge in [-0.05, 0) is 12.8 Å². The van der Waals surface area contributed by atoms with E-state index in [1.807, 2.05) is 30.3 Å². The molecule has 0 bridgehead atoms. The maximum absolute atomic E-state index is 12.2. The molecule has 2 heterocycles. The number of amides is 1. The van der Waals surface area contributed by atoms with Crippen LogP contribution in [0.15, 0.2) is 40.9 Å². The number of likely N-dealkylation sites (tertiary alicyclic amines) is 1. The molecule has 1 amide bonds. The summed E-state index contributed by atoms with van der Waals surface area (Å²) in [6.45, 7) is 0.511. The van der Waals surface area contributed by atoms with Gasteiger partial charge in [-0.2, -0.15) is 0 Å². The molecule has 1 N–H and O–H groups in total. The first kappa shape index (κ1) is 15.3. The molecule has 0 unspecified atom stereocenters. The Labute approximate surface area is 133 Å². The van der Waals surface area contributed by atoms with Gasteiger partial charge in [-0.25, -0.2) is 9.78 Å². The van der Waals surface area contributed by atoms with E-state index >= 15 is 0 Å². The first-order valence-corrected chi connectivity index (χ1v) is 7.67. The molecule has 1 aliphatic rings.